The van der Waals surface area contributed by atoms with Gasteiger partial charge in [0.05, 0.1) is 44.7 Å². The Morgan fingerprint density at radius 2 is 0.946 bits per heavy atom. The smallest absolute Gasteiger partial charge is 0.627 e. The lowest BCUT2D eigenvalue weighted by atomic mass is 10.2. The van der Waals surface area contributed by atoms with Crippen LogP contribution in [0.4, 0.5) is 0 Å². The highest BCUT2D eigenvalue weighted by atomic mass is 27.3. The SMILES string of the molecule is Cn1c(-c2ccccc2[O][Al][O][Al][O]c2ccccc2-c2nc3ccccc3n2C)nc2ccccc21. The second kappa shape index (κ2) is 10.4. The van der Waals surface area contributed by atoms with E-state index in [-0.39, 0.29) is 0 Å². The topological polar surface area (TPSA) is 63.3 Å². The van der Waals surface area contributed by atoms with Crippen LogP contribution in [0.3, 0.4) is 0 Å². The number of aryl methyl sites for hydroxylation is 2. The molecule has 0 N–H and O–H groups in total. The zero-order valence-corrected chi connectivity index (χ0v) is 22.7. The summed E-state index contributed by atoms with van der Waals surface area (Å²) in [6.07, 6.45) is 0. The number of hydrogen-bond donors (Lipinski definition) is 0. The Labute approximate surface area is 228 Å². The molecule has 2 heterocycles. The van der Waals surface area contributed by atoms with Crippen LogP contribution < -0.4 is 7.58 Å². The summed E-state index contributed by atoms with van der Waals surface area (Å²) in [4.78, 5) is 9.62. The molecule has 4 aromatic carbocycles. The van der Waals surface area contributed by atoms with Crippen LogP contribution in [-0.4, -0.2) is 50.9 Å². The molecule has 178 valence electrons. The molecule has 0 unspecified atom stereocenters. The highest BCUT2D eigenvalue weighted by molar-refractivity contribution is 6.35. The van der Waals surface area contributed by atoms with E-state index in [2.05, 4.69) is 21.3 Å². The van der Waals surface area contributed by atoms with Crippen LogP contribution in [-0.2, 0) is 16.9 Å². The van der Waals surface area contributed by atoms with Gasteiger partial charge in [-0.05, 0) is 48.5 Å². The van der Waals surface area contributed by atoms with Gasteiger partial charge >= 0.3 is 31.8 Å². The Bertz CT molecular complexity index is 1590. The van der Waals surface area contributed by atoms with Crippen molar-refractivity contribution in [1.29, 1.82) is 0 Å². The lowest BCUT2D eigenvalue weighted by molar-refractivity contribution is 0.418. The van der Waals surface area contributed by atoms with E-state index < -0.39 is 31.8 Å². The van der Waals surface area contributed by atoms with Gasteiger partial charge in [0.15, 0.2) is 0 Å². The predicted octanol–water partition coefficient (Wildman–Crippen LogP) is 5.34. The molecule has 0 bridgehead atoms. The Kier molecular flexibility index (Phi) is 6.72. The summed E-state index contributed by atoms with van der Waals surface area (Å²) in [5.74, 6) is 3.21. The molecule has 0 atom stereocenters. The first-order valence-corrected chi connectivity index (χ1v) is 13.7. The van der Waals surface area contributed by atoms with Crippen LogP contribution >= 0.6 is 0 Å². The summed E-state index contributed by atoms with van der Waals surface area (Å²) in [7, 11) is 4.04. The first-order chi connectivity index (χ1) is 18.2. The van der Waals surface area contributed by atoms with E-state index in [1.165, 1.54) is 0 Å². The van der Waals surface area contributed by atoms with E-state index in [4.69, 9.17) is 20.4 Å². The maximum atomic E-state index is 6.09. The van der Waals surface area contributed by atoms with Gasteiger partial charge in [-0.15, -0.1) is 0 Å². The van der Waals surface area contributed by atoms with E-state index in [1.807, 2.05) is 99.0 Å². The van der Waals surface area contributed by atoms with Gasteiger partial charge in [-0.25, -0.2) is 9.97 Å². The van der Waals surface area contributed by atoms with Crippen LogP contribution in [0.25, 0.3) is 44.8 Å². The third-order valence-corrected chi connectivity index (χ3v) is 7.88. The van der Waals surface area contributed by atoms with Gasteiger partial charge < -0.3 is 19.6 Å². The normalized spacial score (nSPS) is 11.1. The number of benzene rings is 4. The number of rotatable bonds is 8. The van der Waals surface area contributed by atoms with Crippen molar-refractivity contribution in [1.82, 2.24) is 19.1 Å². The van der Waals surface area contributed by atoms with Crippen molar-refractivity contribution in [3.8, 4) is 34.3 Å². The second-order valence-electron chi connectivity index (χ2n) is 8.52. The van der Waals surface area contributed by atoms with Crippen molar-refractivity contribution < 1.29 is 10.4 Å². The fourth-order valence-electron chi connectivity index (χ4n) is 4.46. The fraction of sp³-hybridized carbons (Fsp3) is 0.0714. The summed E-state index contributed by atoms with van der Waals surface area (Å²) in [5, 5.41) is 0. The number of aromatic nitrogens is 4. The number of imidazole rings is 2. The monoisotopic (exact) mass is 516 g/mol. The third kappa shape index (κ3) is 4.65. The lowest BCUT2D eigenvalue weighted by Gasteiger charge is -2.14. The molecule has 0 saturated heterocycles. The molecule has 7 nitrogen and oxygen atoms in total. The Morgan fingerprint density at radius 1 is 0.541 bits per heavy atom. The number of nitrogens with zero attached hydrogens (tertiary/aromatic N) is 4. The molecule has 0 spiro atoms. The van der Waals surface area contributed by atoms with Crippen LogP contribution in [0.2, 0.25) is 0 Å². The predicted molar refractivity (Wildman–Crippen MR) is 146 cm³/mol. The molecule has 2 aromatic heterocycles. The molecule has 0 aliphatic carbocycles. The van der Waals surface area contributed by atoms with Gasteiger partial charge in [-0.3, -0.25) is 0 Å². The van der Waals surface area contributed by atoms with Crippen molar-refractivity contribution >= 4 is 53.8 Å². The quantitative estimate of drug-likeness (QED) is 0.202. The fourth-order valence-corrected chi connectivity index (χ4v) is 5.71. The molecule has 6 rings (SSSR count). The van der Waals surface area contributed by atoms with Gasteiger partial charge in [0.25, 0.3) is 0 Å². The van der Waals surface area contributed by atoms with Gasteiger partial charge in [0.2, 0.25) is 0 Å². The lowest BCUT2D eigenvalue weighted by Crippen LogP contribution is -2.16. The standard InChI is InChI=1S/2C14H12N2O.2Al.O/c2*1-16-12-8-4-3-7-11(12)15-14(16)10-6-2-5-9-13(10)17;;;/h2*2-9,17H,1H3;;;/q;;2*+1;/p-2. The van der Waals surface area contributed by atoms with Crippen molar-refractivity contribution in [3.63, 3.8) is 0 Å². The molecule has 0 amide bonds. The van der Waals surface area contributed by atoms with Crippen LogP contribution in [0.15, 0.2) is 97.1 Å². The highest BCUT2D eigenvalue weighted by Crippen LogP contribution is 2.32. The molecular weight excluding hydrogens is 494 g/mol. The number of fused-ring (bicyclic) bond motifs is 2. The Morgan fingerprint density at radius 3 is 1.41 bits per heavy atom. The van der Waals surface area contributed by atoms with Gasteiger partial charge in [0.1, 0.15) is 11.6 Å². The zero-order valence-electron chi connectivity index (χ0n) is 20.4. The minimum Gasteiger partial charge on any atom is -0.627 e. The highest BCUT2D eigenvalue weighted by Gasteiger charge is 2.17. The molecule has 0 saturated carbocycles. The van der Waals surface area contributed by atoms with Gasteiger partial charge in [0, 0.05) is 14.1 Å². The molecule has 0 aliphatic rings. The van der Waals surface area contributed by atoms with E-state index in [0.717, 1.165) is 56.3 Å². The summed E-state index contributed by atoms with van der Waals surface area (Å²) in [6.45, 7) is 0. The summed E-state index contributed by atoms with van der Waals surface area (Å²) in [5.41, 5.74) is 5.92. The Hall–Kier alpha value is -3.56. The van der Waals surface area contributed by atoms with Crippen molar-refractivity contribution in [3.05, 3.63) is 97.1 Å². The molecular formula is C28H22Al2N4O3. The van der Waals surface area contributed by atoms with Crippen molar-refractivity contribution in [2.75, 3.05) is 0 Å². The largest absolute Gasteiger partial charge is 0.743 e. The first kappa shape index (κ1) is 23.8. The van der Waals surface area contributed by atoms with Gasteiger partial charge in [-0.2, -0.15) is 0 Å². The minimum atomic E-state index is -0.762. The third-order valence-electron chi connectivity index (χ3n) is 6.29. The molecule has 9 heteroatoms. The maximum Gasteiger partial charge on any atom is 0.743 e. The van der Waals surface area contributed by atoms with Crippen molar-refractivity contribution in [2.24, 2.45) is 14.1 Å². The van der Waals surface area contributed by atoms with Crippen LogP contribution in [0, 0.1) is 0 Å². The zero-order chi connectivity index (χ0) is 25.2. The van der Waals surface area contributed by atoms with Gasteiger partial charge in [-0.1, -0.05) is 48.5 Å². The van der Waals surface area contributed by atoms with E-state index >= 15 is 0 Å². The average Bonchev–Trinajstić information content (AvgIpc) is 3.46. The Balaban J connectivity index is 1.14. The van der Waals surface area contributed by atoms with Crippen LogP contribution in [0.5, 0.6) is 11.5 Å². The maximum absolute atomic E-state index is 6.09. The summed E-state index contributed by atoms with van der Waals surface area (Å²) < 4.78 is 22.2. The first-order valence-electron chi connectivity index (χ1n) is 11.8. The van der Waals surface area contributed by atoms with E-state index in [0.29, 0.717) is 0 Å². The number of para-hydroxylation sites is 6. The van der Waals surface area contributed by atoms with E-state index in [9.17, 15) is 0 Å². The van der Waals surface area contributed by atoms with Crippen LogP contribution in [0.1, 0.15) is 0 Å². The van der Waals surface area contributed by atoms with E-state index in [1.54, 1.807) is 0 Å². The van der Waals surface area contributed by atoms with Crippen molar-refractivity contribution in [2.45, 2.75) is 0 Å². The number of hydrogen-bond acceptors (Lipinski definition) is 5. The molecule has 2 radical (unpaired) electrons. The average molecular weight is 516 g/mol. The molecule has 37 heavy (non-hydrogen) atoms. The second-order valence-corrected chi connectivity index (χ2v) is 10.5. The summed E-state index contributed by atoms with van der Waals surface area (Å²) >= 11 is -1.52. The summed E-state index contributed by atoms with van der Waals surface area (Å²) in [6, 6.07) is 32.0. The molecule has 6 aromatic rings. The minimum absolute atomic E-state index is 0.746. The molecule has 0 aliphatic heterocycles. The molecule has 0 fully saturated rings.